The number of hydrogen-bond donors (Lipinski definition) is 1. The first-order chi connectivity index (χ1) is 12.1. The number of halogens is 3. The summed E-state index contributed by atoms with van der Waals surface area (Å²) in [5.41, 5.74) is 4.18. The van der Waals surface area contributed by atoms with Gasteiger partial charge in [-0.05, 0) is 72.2 Å². The summed E-state index contributed by atoms with van der Waals surface area (Å²) in [7, 11) is 0. The summed E-state index contributed by atoms with van der Waals surface area (Å²) in [5.74, 6) is 1.02. The van der Waals surface area contributed by atoms with Crippen LogP contribution in [0, 0.1) is 3.57 Å². The average molecular weight is 484 g/mol. The van der Waals surface area contributed by atoms with E-state index in [0.29, 0.717) is 10.0 Å². The van der Waals surface area contributed by atoms with Crippen molar-refractivity contribution in [2.24, 2.45) is 0 Å². The Morgan fingerprint density at radius 3 is 2.64 bits per heavy atom. The van der Waals surface area contributed by atoms with Crippen LogP contribution in [0.15, 0.2) is 42.5 Å². The Morgan fingerprint density at radius 2 is 1.84 bits per heavy atom. The Hall–Kier alpha value is -1.24. The van der Waals surface area contributed by atoms with Gasteiger partial charge >= 0.3 is 0 Å². The molecule has 3 aromatic rings. The Labute approximate surface area is 170 Å². The molecule has 0 radical (unpaired) electrons. The summed E-state index contributed by atoms with van der Waals surface area (Å²) >= 11 is 15.0. The maximum Gasteiger partial charge on any atom is 0.133 e. The van der Waals surface area contributed by atoms with E-state index in [-0.39, 0.29) is 0 Å². The predicted octanol–water partition coefficient (Wildman–Crippen LogP) is 6.20. The third kappa shape index (κ3) is 3.39. The van der Waals surface area contributed by atoms with Gasteiger partial charge in [0.15, 0.2) is 0 Å². The van der Waals surface area contributed by atoms with Crippen LogP contribution in [-0.4, -0.2) is 16.3 Å². The number of anilines is 1. The molecule has 0 amide bonds. The van der Waals surface area contributed by atoms with Crippen LogP contribution in [0.3, 0.4) is 0 Å². The van der Waals surface area contributed by atoms with Gasteiger partial charge in [-0.15, -0.1) is 0 Å². The lowest BCUT2D eigenvalue weighted by molar-refractivity contribution is 0.780. The van der Waals surface area contributed by atoms with Gasteiger partial charge in [-0.3, -0.25) is 0 Å². The van der Waals surface area contributed by atoms with Gasteiger partial charge in [-0.1, -0.05) is 35.3 Å². The van der Waals surface area contributed by atoms with E-state index < -0.39 is 0 Å². The van der Waals surface area contributed by atoms with Gasteiger partial charge in [-0.25, -0.2) is 4.68 Å². The summed E-state index contributed by atoms with van der Waals surface area (Å²) in [6.45, 7) is 0.934. The van der Waals surface area contributed by atoms with E-state index in [1.807, 2.05) is 16.8 Å². The summed E-state index contributed by atoms with van der Waals surface area (Å²) in [5, 5.41) is 9.73. The van der Waals surface area contributed by atoms with Crippen LogP contribution < -0.4 is 5.32 Å². The molecule has 1 N–H and O–H groups in total. The zero-order chi connectivity index (χ0) is 17.4. The maximum absolute atomic E-state index is 6.44. The van der Waals surface area contributed by atoms with Crippen LogP contribution in [0.5, 0.6) is 0 Å². The highest BCUT2D eigenvalue weighted by molar-refractivity contribution is 14.1. The molecule has 2 aromatic carbocycles. The summed E-state index contributed by atoms with van der Waals surface area (Å²) in [6.07, 6.45) is 3.29. The van der Waals surface area contributed by atoms with Crippen molar-refractivity contribution in [3.05, 3.63) is 61.6 Å². The quantitative estimate of drug-likeness (QED) is 0.440. The van der Waals surface area contributed by atoms with E-state index >= 15 is 0 Å². The van der Waals surface area contributed by atoms with Crippen molar-refractivity contribution in [3.63, 3.8) is 0 Å². The second kappa shape index (κ2) is 7.17. The van der Waals surface area contributed by atoms with E-state index in [4.69, 9.17) is 28.3 Å². The van der Waals surface area contributed by atoms with Crippen molar-refractivity contribution in [1.29, 1.82) is 0 Å². The molecule has 0 fully saturated rings. The third-order valence-electron chi connectivity index (χ3n) is 4.38. The smallest absolute Gasteiger partial charge is 0.133 e. The molecule has 0 atom stereocenters. The highest BCUT2D eigenvalue weighted by Gasteiger charge is 2.22. The second-order valence-electron chi connectivity index (χ2n) is 6.07. The van der Waals surface area contributed by atoms with E-state index in [9.17, 15) is 0 Å². The fourth-order valence-electron chi connectivity index (χ4n) is 3.16. The molecule has 1 aromatic heterocycles. The first-order valence-corrected chi connectivity index (χ1v) is 10.0. The molecule has 1 aliphatic heterocycles. The molecule has 0 spiro atoms. The highest BCUT2D eigenvalue weighted by Crippen LogP contribution is 2.36. The van der Waals surface area contributed by atoms with Crippen LogP contribution in [0.4, 0.5) is 5.82 Å². The first kappa shape index (κ1) is 17.2. The number of nitrogens with zero attached hydrogens (tertiary/aromatic N) is 2. The standard InChI is InChI=1S/C19H16Cl2IN3/c20-13-6-9-16(21)17(11-13)25-19-15(3-1-2-10-23-19)18(24-25)12-4-7-14(22)8-5-12/h4-9,11,23H,1-3,10H2. The minimum atomic E-state index is 0.634. The van der Waals surface area contributed by atoms with Crippen LogP contribution in [0.25, 0.3) is 16.9 Å². The number of benzene rings is 2. The Bertz CT molecular complexity index is 919. The lowest BCUT2D eigenvalue weighted by Crippen LogP contribution is -2.07. The van der Waals surface area contributed by atoms with Crippen molar-refractivity contribution in [2.75, 3.05) is 11.9 Å². The van der Waals surface area contributed by atoms with E-state index in [0.717, 1.165) is 48.6 Å². The lowest BCUT2D eigenvalue weighted by atomic mass is 10.0. The molecule has 3 nitrogen and oxygen atoms in total. The SMILES string of the molecule is Clc1ccc(Cl)c(-n2nc(-c3ccc(I)cc3)c3c2NCCCC3)c1. The van der Waals surface area contributed by atoms with Gasteiger partial charge < -0.3 is 5.32 Å². The van der Waals surface area contributed by atoms with Crippen LogP contribution in [-0.2, 0) is 6.42 Å². The van der Waals surface area contributed by atoms with Gasteiger partial charge in [0, 0.05) is 26.3 Å². The Kier molecular flexibility index (Phi) is 4.93. The molecule has 25 heavy (non-hydrogen) atoms. The number of hydrogen-bond acceptors (Lipinski definition) is 2. The lowest BCUT2D eigenvalue weighted by Gasteiger charge is -2.11. The molecule has 0 unspecified atom stereocenters. The van der Waals surface area contributed by atoms with Crippen molar-refractivity contribution >= 4 is 51.6 Å². The molecule has 0 aliphatic carbocycles. The number of nitrogens with one attached hydrogen (secondary N) is 1. The monoisotopic (exact) mass is 483 g/mol. The zero-order valence-corrected chi connectivity index (χ0v) is 17.1. The van der Waals surface area contributed by atoms with Crippen LogP contribution in [0.2, 0.25) is 10.0 Å². The predicted molar refractivity (Wildman–Crippen MR) is 113 cm³/mol. The fourth-order valence-corrected chi connectivity index (χ4v) is 3.89. The largest absolute Gasteiger partial charge is 0.370 e. The summed E-state index contributed by atoms with van der Waals surface area (Å²) in [6, 6.07) is 13.9. The maximum atomic E-state index is 6.44. The minimum Gasteiger partial charge on any atom is -0.370 e. The van der Waals surface area contributed by atoms with E-state index in [1.165, 1.54) is 9.13 Å². The molecule has 0 bridgehead atoms. The van der Waals surface area contributed by atoms with Crippen molar-refractivity contribution in [3.8, 4) is 16.9 Å². The third-order valence-corrected chi connectivity index (χ3v) is 5.66. The van der Waals surface area contributed by atoms with Crippen molar-refractivity contribution in [2.45, 2.75) is 19.3 Å². The molecule has 0 saturated heterocycles. The normalized spacial score (nSPS) is 13.9. The van der Waals surface area contributed by atoms with Gasteiger partial charge in [0.2, 0.25) is 0 Å². The molecule has 4 rings (SSSR count). The Morgan fingerprint density at radius 1 is 1.04 bits per heavy atom. The molecule has 2 heterocycles. The van der Waals surface area contributed by atoms with Crippen molar-refractivity contribution in [1.82, 2.24) is 9.78 Å². The second-order valence-corrected chi connectivity index (χ2v) is 8.16. The average Bonchev–Trinajstić information content (AvgIpc) is 2.79. The Balaban J connectivity index is 1.93. The molecular formula is C19H16Cl2IN3. The number of aromatic nitrogens is 2. The molecule has 128 valence electrons. The highest BCUT2D eigenvalue weighted by atomic mass is 127. The van der Waals surface area contributed by atoms with E-state index in [2.05, 4.69) is 52.2 Å². The number of rotatable bonds is 2. The topological polar surface area (TPSA) is 29.9 Å². The van der Waals surface area contributed by atoms with E-state index in [1.54, 1.807) is 6.07 Å². The summed E-state index contributed by atoms with van der Waals surface area (Å²) < 4.78 is 3.12. The van der Waals surface area contributed by atoms with Gasteiger partial charge in [0.1, 0.15) is 5.82 Å². The molecule has 6 heteroatoms. The number of fused-ring (bicyclic) bond motifs is 1. The first-order valence-electron chi connectivity index (χ1n) is 8.20. The van der Waals surface area contributed by atoms with Gasteiger partial charge in [0.05, 0.1) is 16.4 Å². The summed E-state index contributed by atoms with van der Waals surface area (Å²) in [4.78, 5) is 0. The molecule has 0 saturated carbocycles. The van der Waals surface area contributed by atoms with Crippen molar-refractivity contribution < 1.29 is 0 Å². The molecule has 1 aliphatic rings. The minimum absolute atomic E-state index is 0.634. The molecular weight excluding hydrogens is 468 g/mol. The fraction of sp³-hybridized carbons (Fsp3) is 0.211. The van der Waals surface area contributed by atoms with Crippen LogP contribution >= 0.6 is 45.8 Å². The zero-order valence-electron chi connectivity index (χ0n) is 13.4. The van der Waals surface area contributed by atoms with Gasteiger partial charge in [-0.2, -0.15) is 5.10 Å². The van der Waals surface area contributed by atoms with Crippen LogP contribution in [0.1, 0.15) is 18.4 Å². The van der Waals surface area contributed by atoms with Gasteiger partial charge in [0.25, 0.3) is 0 Å².